The highest BCUT2D eigenvalue weighted by Crippen LogP contribution is 2.36. The van der Waals surface area contributed by atoms with Crippen LogP contribution in [0.3, 0.4) is 0 Å². The van der Waals surface area contributed by atoms with Crippen LogP contribution in [0, 0.1) is 6.92 Å². The lowest BCUT2D eigenvalue weighted by molar-refractivity contribution is 0.0953. The molecule has 3 aromatic carbocycles. The SMILES string of the molecule is CNCCNC(=O)c1ccc(NC(=O)Nc2ccc3c(c2)C(=O)C(=Cc2c(C)n(C)c4ccc(OC)cc24)O3)cc1. The molecular weight excluding hydrogens is 522 g/mol. The number of urea groups is 1. The second-order valence-electron chi connectivity index (χ2n) is 9.61. The maximum Gasteiger partial charge on any atom is 0.323 e. The quantitative estimate of drug-likeness (QED) is 0.185. The third-order valence-corrected chi connectivity index (χ3v) is 7.01. The van der Waals surface area contributed by atoms with Crippen LogP contribution in [0.2, 0.25) is 0 Å². The highest BCUT2D eigenvalue weighted by molar-refractivity contribution is 6.16. The average Bonchev–Trinajstić information content (AvgIpc) is 3.41. The first-order valence-corrected chi connectivity index (χ1v) is 13.1. The maximum absolute atomic E-state index is 13.3. The molecule has 5 rings (SSSR count). The van der Waals surface area contributed by atoms with Crippen molar-refractivity contribution in [3.63, 3.8) is 0 Å². The number of nitrogens with zero attached hydrogens (tertiary/aromatic N) is 1. The Morgan fingerprint density at radius 3 is 2.44 bits per heavy atom. The molecule has 0 radical (unpaired) electrons. The first kappa shape index (κ1) is 27.5. The molecule has 0 fully saturated rings. The summed E-state index contributed by atoms with van der Waals surface area (Å²) in [5.41, 5.74) is 4.67. The molecule has 3 amide bonds. The highest BCUT2D eigenvalue weighted by atomic mass is 16.5. The van der Waals surface area contributed by atoms with Crippen molar-refractivity contribution in [3.05, 3.63) is 88.8 Å². The summed E-state index contributed by atoms with van der Waals surface area (Å²) in [7, 11) is 5.40. The van der Waals surface area contributed by atoms with E-state index < -0.39 is 6.03 Å². The van der Waals surface area contributed by atoms with Crippen molar-refractivity contribution in [1.82, 2.24) is 15.2 Å². The summed E-state index contributed by atoms with van der Waals surface area (Å²) in [5, 5.41) is 12.2. The lowest BCUT2D eigenvalue weighted by Crippen LogP contribution is -2.30. The van der Waals surface area contributed by atoms with Gasteiger partial charge in [-0.1, -0.05) is 0 Å². The van der Waals surface area contributed by atoms with Crippen molar-refractivity contribution in [2.24, 2.45) is 7.05 Å². The summed E-state index contributed by atoms with van der Waals surface area (Å²) in [4.78, 5) is 38.1. The zero-order valence-corrected chi connectivity index (χ0v) is 23.3. The average molecular weight is 554 g/mol. The number of anilines is 2. The first-order valence-electron chi connectivity index (χ1n) is 13.1. The van der Waals surface area contributed by atoms with E-state index in [1.165, 1.54) is 0 Å². The number of carbonyl (C=O) groups is 3. The topological polar surface area (TPSA) is 123 Å². The Balaban J connectivity index is 1.28. The third-order valence-electron chi connectivity index (χ3n) is 7.01. The molecule has 0 atom stereocenters. The molecule has 0 spiro atoms. The van der Waals surface area contributed by atoms with Gasteiger partial charge in [-0.2, -0.15) is 0 Å². The maximum atomic E-state index is 13.3. The largest absolute Gasteiger partial charge is 0.497 e. The summed E-state index contributed by atoms with van der Waals surface area (Å²) in [5.74, 6) is 0.888. The van der Waals surface area contributed by atoms with Gasteiger partial charge in [0.1, 0.15) is 11.5 Å². The molecule has 1 aliphatic rings. The van der Waals surface area contributed by atoms with Crippen molar-refractivity contribution in [3.8, 4) is 11.5 Å². The van der Waals surface area contributed by atoms with Gasteiger partial charge in [0.05, 0.1) is 12.7 Å². The zero-order valence-electron chi connectivity index (χ0n) is 23.3. The fraction of sp³-hybridized carbons (Fsp3) is 0.194. The molecule has 0 saturated carbocycles. The Bertz CT molecular complexity index is 1690. The van der Waals surface area contributed by atoms with Crippen LogP contribution in [0.4, 0.5) is 16.2 Å². The molecule has 4 N–H and O–H groups in total. The van der Waals surface area contributed by atoms with Gasteiger partial charge in [0.2, 0.25) is 5.78 Å². The Labute approximate surface area is 237 Å². The number of ether oxygens (including phenoxy) is 2. The number of fused-ring (bicyclic) bond motifs is 2. The minimum Gasteiger partial charge on any atom is -0.497 e. The van der Waals surface area contributed by atoms with E-state index in [1.54, 1.807) is 55.7 Å². The van der Waals surface area contributed by atoms with Crippen LogP contribution in [0.15, 0.2) is 66.4 Å². The third kappa shape index (κ3) is 5.64. The number of aryl methyl sites for hydroxylation is 1. The second-order valence-corrected chi connectivity index (χ2v) is 9.61. The number of hydrogen-bond donors (Lipinski definition) is 4. The van der Waals surface area contributed by atoms with E-state index in [0.717, 1.165) is 27.9 Å². The number of aromatic nitrogens is 1. The number of carbonyl (C=O) groups excluding carboxylic acids is 3. The Morgan fingerprint density at radius 2 is 1.71 bits per heavy atom. The van der Waals surface area contributed by atoms with Crippen LogP contribution in [-0.4, -0.2) is 49.5 Å². The van der Waals surface area contributed by atoms with Gasteiger partial charge >= 0.3 is 6.03 Å². The number of rotatable bonds is 8. The summed E-state index contributed by atoms with van der Waals surface area (Å²) in [6, 6.07) is 16.8. The summed E-state index contributed by atoms with van der Waals surface area (Å²) in [6.07, 6.45) is 1.75. The molecular formula is C31H31N5O5. The fourth-order valence-corrected chi connectivity index (χ4v) is 4.69. The molecule has 41 heavy (non-hydrogen) atoms. The van der Waals surface area contributed by atoms with E-state index in [1.807, 2.05) is 39.2 Å². The van der Waals surface area contributed by atoms with E-state index in [9.17, 15) is 14.4 Å². The standard InChI is InChI=1S/C31H31N5O5/c1-18-23(24-16-22(40-4)10-11-26(24)36(18)3)17-28-29(37)25-15-21(9-12-27(25)41-28)35-31(39)34-20-7-5-19(6-8-20)30(38)33-14-13-32-2/h5-12,15-17,32H,13-14H2,1-4H3,(H,33,38)(H2,34,35,39). The summed E-state index contributed by atoms with van der Waals surface area (Å²) in [6.45, 7) is 3.17. The number of ketones is 1. The molecule has 1 aromatic heterocycles. The molecule has 0 aliphatic carbocycles. The number of likely N-dealkylation sites (N-methyl/N-ethyl adjacent to an activating group) is 1. The number of benzene rings is 3. The predicted molar refractivity (Wildman–Crippen MR) is 159 cm³/mol. The smallest absolute Gasteiger partial charge is 0.323 e. The van der Waals surface area contributed by atoms with Crippen molar-refractivity contribution in [2.45, 2.75) is 6.92 Å². The molecule has 1 aliphatic heterocycles. The van der Waals surface area contributed by atoms with Crippen LogP contribution < -0.4 is 30.7 Å². The Kier molecular flexibility index (Phi) is 7.75. The molecule has 2 heterocycles. The van der Waals surface area contributed by atoms with Crippen molar-refractivity contribution in [2.75, 3.05) is 37.9 Å². The molecule has 10 nitrogen and oxygen atoms in total. The van der Waals surface area contributed by atoms with Crippen LogP contribution >= 0.6 is 0 Å². The van der Waals surface area contributed by atoms with Gasteiger partial charge in [0, 0.05) is 59.2 Å². The lowest BCUT2D eigenvalue weighted by atomic mass is 10.1. The van der Waals surface area contributed by atoms with Crippen LogP contribution in [0.5, 0.6) is 11.5 Å². The number of methoxy groups -OCH3 is 1. The van der Waals surface area contributed by atoms with E-state index in [0.29, 0.717) is 41.3 Å². The Hall–Kier alpha value is -5.09. The monoisotopic (exact) mass is 553 g/mol. The van der Waals surface area contributed by atoms with Gasteiger partial charge in [-0.05, 0) is 80.7 Å². The molecule has 10 heteroatoms. The van der Waals surface area contributed by atoms with E-state index in [-0.39, 0.29) is 17.4 Å². The molecule has 4 aromatic rings. The van der Waals surface area contributed by atoms with Crippen LogP contribution in [-0.2, 0) is 7.05 Å². The second kappa shape index (κ2) is 11.6. The number of amides is 3. The normalized spacial score (nSPS) is 13.2. The van der Waals surface area contributed by atoms with Gasteiger partial charge in [0.25, 0.3) is 5.91 Å². The van der Waals surface area contributed by atoms with E-state index >= 15 is 0 Å². The van der Waals surface area contributed by atoms with E-state index in [4.69, 9.17) is 9.47 Å². The minimum atomic E-state index is -0.487. The van der Waals surface area contributed by atoms with Gasteiger partial charge in [-0.15, -0.1) is 0 Å². The summed E-state index contributed by atoms with van der Waals surface area (Å²) >= 11 is 0. The Morgan fingerprint density at radius 1 is 0.976 bits per heavy atom. The van der Waals surface area contributed by atoms with Crippen LogP contribution in [0.25, 0.3) is 17.0 Å². The molecule has 0 bridgehead atoms. The van der Waals surface area contributed by atoms with E-state index in [2.05, 4.69) is 25.8 Å². The number of allylic oxidation sites excluding steroid dienone is 1. The fourth-order valence-electron chi connectivity index (χ4n) is 4.69. The summed E-state index contributed by atoms with van der Waals surface area (Å²) < 4.78 is 13.4. The van der Waals surface area contributed by atoms with Crippen molar-refractivity contribution >= 4 is 46.1 Å². The molecule has 0 saturated heterocycles. The molecule has 210 valence electrons. The van der Waals surface area contributed by atoms with Gasteiger partial charge < -0.3 is 35.3 Å². The minimum absolute atomic E-state index is 0.190. The highest BCUT2D eigenvalue weighted by Gasteiger charge is 2.28. The van der Waals surface area contributed by atoms with Crippen molar-refractivity contribution in [1.29, 1.82) is 0 Å². The van der Waals surface area contributed by atoms with Gasteiger partial charge in [-0.25, -0.2) is 4.79 Å². The first-order chi connectivity index (χ1) is 19.8. The number of nitrogens with one attached hydrogen (secondary N) is 4. The molecule has 0 unspecified atom stereocenters. The van der Waals surface area contributed by atoms with Crippen molar-refractivity contribution < 1.29 is 23.9 Å². The lowest BCUT2D eigenvalue weighted by Gasteiger charge is -2.09. The van der Waals surface area contributed by atoms with Gasteiger partial charge in [0.15, 0.2) is 5.76 Å². The van der Waals surface area contributed by atoms with Crippen LogP contribution in [0.1, 0.15) is 32.0 Å². The van der Waals surface area contributed by atoms with Gasteiger partial charge in [-0.3, -0.25) is 9.59 Å². The number of Topliss-reactive ketones (excluding diaryl/α,β-unsaturated/α-hetero) is 1. The number of hydrogen-bond acceptors (Lipinski definition) is 6. The predicted octanol–water partition coefficient (Wildman–Crippen LogP) is 4.70. The zero-order chi connectivity index (χ0) is 29.1.